The van der Waals surface area contributed by atoms with Gasteiger partial charge >= 0.3 is 0 Å². The van der Waals surface area contributed by atoms with Crippen molar-refractivity contribution in [2.75, 3.05) is 20.7 Å². The van der Waals surface area contributed by atoms with Gasteiger partial charge in [-0.1, -0.05) is 0 Å². The molecule has 1 fully saturated rings. The Balaban J connectivity index is 2.38. The van der Waals surface area contributed by atoms with Gasteiger partial charge in [-0.25, -0.2) is 0 Å². The summed E-state index contributed by atoms with van der Waals surface area (Å²) in [4.78, 5) is 2.38. The van der Waals surface area contributed by atoms with E-state index in [0.29, 0.717) is 12.1 Å². The van der Waals surface area contributed by atoms with Crippen molar-refractivity contribution in [1.29, 1.82) is 0 Å². The van der Waals surface area contributed by atoms with E-state index in [2.05, 4.69) is 18.9 Å². The van der Waals surface area contributed by atoms with E-state index >= 15 is 0 Å². The van der Waals surface area contributed by atoms with Crippen LogP contribution in [0.2, 0.25) is 0 Å². The quantitative estimate of drug-likeness (QED) is 0.574. The molecule has 0 aromatic heterocycles. The number of methoxy groups -OCH3 is 1. The zero-order valence-electron chi connectivity index (χ0n) is 7.13. The van der Waals surface area contributed by atoms with E-state index in [1.54, 1.807) is 7.11 Å². The molecule has 1 unspecified atom stereocenters. The van der Waals surface area contributed by atoms with Crippen LogP contribution >= 0.6 is 0 Å². The number of likely N-dealkylation sites (tertiary alicyclic amines) is 1. The van der Waals surface area contributed by atoms with Gasteiger partial charge in [-0.05, 0) is 33.4 Å². The second-order valence-corrected chi connectivity index (χ2v) is 3.13. The van der Waals surface area contributed by atoms with Crippen molar-refractivity contribution in [2.24, 2.45) is 0 Å². The summed E-state index contributed by atoms with van der Waals surface area (Å²) >= 11 is 0. The Hall–Kier alpha value is -0.0800. The van der Waals surface area contributed by atoms with E-state index in [4.69, 9.17) is 4.74 Å². The summed E-state index contributed by atoms with van der Waals surface area (Å²) in [5.41, 5.74) is 0. The van der Waals surface area contributed by atoms with Crippen LogP contribution in [0.25, 0.3) is 0 Å². The predicted octanol–water partition coefficient (Wildman–Crippen LogP) is 1.12. The number of hydrogen-bond donors (Lipinski definition) is 0. The molecular formula is C8H17NO. The van der Waals surface area contributed by atoms with Crippen molar-refractivity contribution in [3.63, 3.8) is 0 Å². The van der Waals surface area contributed by atoms with Crippen molar-refractivity contribution in [1.82, 2.24) is 4.90 Å². The average Bonchev–Trinajstić information content (AvgIpc) is 2.34. The van der Waals surface area contributed by atoms with E-state index in [9.17, 15) is 0 Å². The van der Waals surface area contributed by atoms with Crippen molar-refractivity contribution < 1.29 is 4.74 Å². The Kier molecular flexibility index (Phi) is 2.69. The first-order valence-electron chi connectivity index (χ1n) is 3.98. The third-order valence-corrected chi connectivity index (χ3v) is 2.49. The van der Waals surface area contributed by atoms with Crippen LogP contribution in [0.4, 0.5) is 0 Å². The highest BCUT2D eigenvalue weighted by molar-refractivity contribution is 4.80. The topological polar surface area (TPSA) is 12.5 Å². The number of rotatable bonds is 2. The van der Waals surface area contributed by atoms with Crippen LogP contribution in [0, 0.1) is 0 Å². The molecule has 10 heavy (non-hydrogen) atoms. The van der Waals surface area contributed by atoms with E-state index in [1.807, 2.05) is 0 Å². The monoisotopic (exact) mass is 143 g/mol. The third-order valence-electron chi connectivity index (χ3n) is 2.49. The summed E-state index contributed by atoms with van der Waals surface area (Å²) < 4.78 is 5.26. The standard InChI is InChI=1S/C8H17NO/c1-7(10-3)8-5-4-6-9(8)2/h7-8H,4-6H2,1-3H3/t7-,8?/m1/s1. The first kappa shape index (κ1) is 8.02. The van der Waals surface area contributed by atoms with E-state index in [1.165, 1.54) is 19.4 Å². The molecule has 2 nitrogen and oxygen atoms in total. The molecule has 0 radical (unpaired) electrons. The van der Waals surface area contributed by atoms with Gasteiger partial charge < -0.3 is 9.64 Å². The molecule has 0 saturated carbocycles. The van der Waals surface area contributed by atoms with Crippen molar-refractivity contribution in [2.45, 2.75) is 31.9 Å². The Morgan fingerprint density at radius 2 is 2.30 bits per heavy atom. The maximum Gasteiger partial charge on any atom is 0.0698 e. The molecule has 0 N–H and O–H groups in total. The van der Waals surface area contributed by atoms with Crippen LogP contribution in [0.15, 0.2) is 0 Å². The molecule has 1 aliphatic rings. The molecule has 0 aromatic carbocycles. The first-order chi connectivity index (χ1) is 4.75. The number of likely N-dealkylation sites (N-methyl/N-ethyl adjacent to an activating group) is 1. The van der Waals surface area contributed by atoms with Gasteiger partial charge in [-0.2, -0.15) is 0 Å². The third kappa shape index (κ3) is 1.50. The molecule has 0 amide bonds. The molecule has 1 aliphatic heterocycles. The highest BCUT2D eigenvalue weighted by Gasteiger charge is 2.25. The Labute approximate surface area is 63.2 Å². The number of hydrogen-bond acceptors (Lipinski definition) is 2. The highest BCUT2D eigenvalue weighted by atomic mass is 16.5. The van der Waals surface area contributed by atoms with Gasteiger partial charge in [0.15, 0.2) is 0 Å². The summed E-state index contributed by atoms with van der Waals surface area (Å²) in [6.07, 6.45) is 3.02. The lowest BCUT2D eigenvalue weighted by Crippen LogP contribution is -2.35. The summed E-state index contributed by atoms with van der Waals surface area (Å²) in [6.45, 7) is 3.38. The fraction of sp³-hybridized carbons (Fsp3) is 1.00. The second-order valence-electron chi connectivity index (χ2n) is 3.13. The summed E-state index contributed by atoms with van der Waals surface area (Å²) in [5.74, 6) is 0. The average molecular weight is 143 g/mol. The Morgan fingerprint density at radius 3 is 2.70 bits per heavy atom. The van der Waals surface area contributed by atoms with Gasteiger partial charge in [0.25, 0.3) is 0 Å². The highest BCUT2D eigenvalue weighted by Crippen LogP contribution is 2.18. The van der Waals surface area contributed by atoms with Crippen LogP contribution in [0.3, 0.4) is 0 Å². The molecule has 0 aliphatic carbocycles. The minimum atomic E-state index is 0.396. The van der Waals surface area contributed by atoms with Gasteiger partial charge in [-0.3, -0.25) is 0 Å². The molecule has 0 spiro atoms. The first-order valence-corrected chi connectivity index (χ1v) is 3.98. The van der Waals surface area contributed by atoms with Crippen LogP contribution in [0.1, 0.15) is 19.8 Å². The molecule has 1 saturated heterocycles. The fourth-order valence-corrected chi connectivity index (χ4v) is 1.69. The van der Waals surface area contributed by atoms with Crippen molar-refractivity contribution in [3.8, 4) is 0 Å². The number of ether oxygens (including phenoxy) is 1. The molecule has 0 bridgehead atoms. The minimum absolute atomic E-state index is 0.396. The van der Waals surface area contributed by atoms with Crippen LogP contribution in [-0.4, -0.2) is 37.7 Å². The molecule has 2 atom stereocenters. The second kappa shape index (κ2) is 3.35. The summed E-state index contributed by atoms with van der Waals surface area (Å²) in [6, 6.07) is 0.657. The van der Waals surface area contributed by atoms with E-state index in [-0.39, 0.29) is 0 Å². The lowest BCUT2D eigenvalue weighted by atomic mass is 10.1. The zero-order chi connectivity index (χ0) is 7.56. The van der Waals surface area contributed by atoms with E-state index in [0.717, 1.165) is 0 Å². The van der Waals surface area contributed by atoms with Crippen LogP contribution in [0.5, 0.6) is 0 Å². The molecular weight excluding hydrogens is 126 g/mol. The molecule has 1 rings (SSSR count). The van der Waals surface area contributed by atoms with Gasteiger partial charge in [0.1, 0.15) is 0 Å². The minimum Gasteiger partial charge on any atom is -0.380 e. The van der Waals surface area contributed by atoms with Crippen molar-refractivity contribution in [3.05, 3.63) is 0 Å². The van der Waals surface area contributed by atoms with Gasteiger partial charge in [-0.15, -0.1) is 0 Å². The molecule has 2 heteroatoms. The Morgan fingerprint density at radius 1 is 1.60 bits per heavy atom. The van der Waals surface area contributed by atoms with Crippen LogP contribution in [-0.2, 0) is 4.74 Å². The SMILES string of the molecule is CO[C@H](C)C1CCCN1C. The maximum atomic E-state index is 5.26. The molecule has 1 heterocycles. The van der Waals surface area contributed by atoms with E-state index < -0.39 is 0 Å². The summed E-state index contributed by atoms with van der Waals surface area (Å²) in [7, 11) is 3.96. The molecule has 60 valence electrons. The lowest BCUT2D eigenvalue weighted by Gasteiger charge is -2.24. The maximum absolute atomic E-state index is 5.26. The summed E-state index contributed by atoms with van der Waals surface area (Å²) in [5, 5.41) is 0. The van der Waals surface area contributed by atoms with Gasteiger partial charge in [0.2, 0.25) is 0 Å². The Bertz CT molecular complexity index is 105. The predicted molar refractivity (Wildman–Crippen MR) is 42.1 cm³/mol. The molecule has 0 aromatic rings. The number of nitrogens with zero attached hydrogens (tertiary/aromatic N) is 1. The van der Waals surface area contributed by atoms with Gasteiger partial charge in [0.05, 0.1) is 6.10 Å². The normalized spacial score (nSPS) is 30.9. The van der Waals surface area contributed by atoms with Gasteiger partial charge in [0, 0.05) is 13.2 Å². The van der Waals surface area contributed by atoms with Crippen molar-refractivity contribution >= 4 is 0 Å². The lowest BCUT2D eigenvalue weighted by molar-refractivity contribution is 0.0531. The fourth-order valence-electron chi connectivity index (χ4n) is 1.69. The largest absolute Gasteiger partial charge is 0.380 e. The van der Waals surface area contributed by atoms with Crippen LogP contribution < -0.4 is 0 Å². The zero-order valence-corrected chi connectivity index (χ0v) is 7.13. The smallest absolute Gasteiger partial charge is 0.0698 e.